The van der Waals surface area contributed by atoms with Gasteiger partial charge in [0.25, 0.3) is 0 Å². The van der Waals surface area contributed by atoms with Gasteiger partial charge in [0, 0.05) is 17.3 Å². The van der Waals surface area contributed by atoms with Gasteiger partial charge in [-0.3, -0.25) is 4.90 Å². The summed E-state index contributed by atoms with van der Waals surface area (Å²) in [7, 11) is 0. The Morgan fingerprint density at radius 2 is 2.00 bits per heavy atom. The van der Waals surface area contributed by atoms with E-state index in [0.29, 0.717) is 16.0 Å². The van der Waals surface area contributed by atoms with E-state index >= 15 is 0 Å². The van der Waals surface area contributed by atoms with Crippen molar-refractivity contribution in [3.8, 4) is 0 Å². The molecular weight excluding hydrogens is 448 g/mol. The second kappa shape index (κ2) is 7.91. The Balaban J connectivity index is 1.99. The Bertz CT molecular complexity index is 741. The molecule has 1 spiro atoms. The van der Waals surface area contributed by atoms with Crippen molar-refractivity contribution in [1.29, 1.82) is 0 Å². The molecule has 1 N–H and O–H groups in total. The summed E-state index contributed by atoms with van der Waals surface area (Å²) in [5.41, 5.74) is -1.94. The molecule has 1 amide bonds. The summed E-state index contributed by atoms with van der Waals surface area (Å²) in [6.07, 6.45) is 5.06. The highest BCUT2D eigenvalue weighted by molar-refractivity contribution is 9.10. The first kappa shape index (κ1) is 21.5. The number of rotatable bonds is 4. The van der Waals surface area contributed by atoms with Crippen molar-refractivity contribution < 1.29 is 24.2 Å². The van der Waals surface area contributed by atoms with Crippen LogP contribution in [-0.4, -0.2) is 51.3 Å². The quantitative estimate of drug-likeness (QED) is 0.688. The lowest BCUT2D eigenvalue weighted by Gasteiger charge is -2.41. The molecule has 3 rings (SSSR count). The zero-order valence-corrected chi connectivity index (χ0v) is 18.9. The highest BCUT2D eigenvalue weighted by Gasteiger charge is 2.58. The van der Waals surface area contributed by atoms with Crippen LogP contribution in [0.15, 0.2) is 9.98 Å². The summed E-state index contributed by atoms with van der Waals surface area (Å²) in [6.45, 7) is 5.35. The number of carboxylic acids is 1. The average Bonchev–Trinajstić information content (AvgIpc) is 3.15. The van der Waals surface area contributed by atoms with Crippen LogP contribution < -0.4 is 0 Å². The Kier molecular flexibility index (Phi) is 6.08. The highest BCUT2D eigenvalue weighted by atomic mass is 79.9. The van der Waals surface area contributed by atoms with Crippen LogP contribution in [0.25, 0.3) is 0 Å². The summed E-state index contributed by atoms with van der Waals surface area (Å²) in [6, 6.07) is 0. The zero-order chi connectivity index (χ0) is 20.6. The number of hydrogen-bond acceptors (Lipinski definition) is 6. The predicted molar refractivity (Wildman–Crippen MR) is 108 cm³/mol. The van der Waals surface area contributed by atoms with E-state index in [-0.39, 0.29) is 12.6 Å². The molecule has 9 heteroatoms. The second-order valence-corrected chi connectivity index (χ2v) is 10.4. The Morgan fingerprint density at radius 3 is 2.54 bits per heavy atom. The van der Waals surface area contributed by atoms with Crippen molar-refractivity contribution in [2.45, 2.75) is 76.0 Å². The molecule has 2 heterocycles. The minimum atomic E-state index is -1.04. The number of nitrogens with zero attached hydrogens (tertiary/aromatic N) is 2. The molecule has 0 aromatic carbocycles. The molecule has 1 unspecified atom stereocenters. The van der Waals surface area contributed by atoms with E-state index in [0.717, 1.165) is 32.1 Å². The Hall–Kier alpha value is -1.19. The van der Waals surface area contributed by atoms with E-state index in [1.807, 2.05) is 26.2 Å². The predicted octanol–water partition coefficient (Wildman–Crippen LogP) is 4.55. The molecule has 156 valence electrons. The molecule has 1 aliphatic heterocycles. The van der Waals surface area contributed by atoms with Crippen molar-refractivity contribution in [3.63, 3.8) is 0 Å². The fourth-order valence-electron chi connectivity index (χ4n) is 4.30. The van der Waals surface area contributed by atoms with Gasteiger partial charge in [0.2, 0.25) is 0 Å². The number of thiazole rings is 1. The normalized spacial score (nSPS) is 24.5. The minimum absolute atomic E-state index is 0.245. The average molecular weight is 475 g/mol. The van der Waals surface area contributed by atoms with E-state index < -0.39 is 29.3 Å². The zero-order valence-electron chi connectivity index (χ0n) is 16.5. The number of halogens is 1. The van der Waals surface area contributed by atoms with E-state index in [1.54, 1.807) is 4.90 Å². The fourth-order valence-corrected chi connectivity index (χ4v) is 5.70. The lowest BCUT2D eigenvalue weighted by molar-refractivity contribution is -0.150. The third kappa shape index (κ3) is 4.52. The summed E-state index contributed by atoms with van der Waals surface area (Å²) < 4.78 is 12.3. The number of likely N-dealkylation sites (tertiary alicyclic amines) is 1. The van der Waals surface area contributed by atoms with Crippen LogP contribution in [0.2, 0.25) is 0 Å². The molecule has 1 aromatic rings. The number of aromatic nitrogens is 1. The molecule has 1 aliphatic carbocycles. The molecular formula is C19H27BrN2O5S. The third-order valence-corrected chi connectivity index (χ3v) is 7.07. The number of carbonyl (C=O) groups excluding carboxylic acids is 1. The van der Waals surface area contributed by atoms with Crippen LogP contribution in [0, 0.1) is 0 Å². The molecule has 2 aliphatic rings. The van der Waals surface area contributed by atoms with Crippen LogP contribution in [0.5, 0.6) is 0 Å². The maximum absolute atomic E-state index is 13.1. The van der Waals surface area contributed by atoms with Gasteiger partial charge in [0.1, 0.15) is 27.4 Å². The SMILES string of the molecule is CC(C)(C)OC(=O)N1CC(OCC(=O)O)(c2nc(Br)cs2)CC12CCCCC2. The third-order valence-electron chi connectivity index (χ3n) is 5.34. The van der Waals surface area contributed by atoms with Gasteiger partial charge in [-0.25, -0.2) is 14.6 Å². The van der Waals surface area contributed by atoms with Crippen LogP contribution in [0.1, 0.15) is 64.3 Å². The molecule has 1 atom stereocenters. The number of ether oxygens (including phenoxy) is 2. The van der Waals surface area contributed by atoms with Crippen molar-refractivity contribution in [1.82, 2.24) is 9.88 Å². The molecule has 0 radical (unpaired) electrons. The van der Waals surface area contributed by atoms with Gasteiger partial charge < -0.3 is 14.6 Å². The number of carboxylic acid groups (broad SMARTS) is 1. The Morgan fingerprint density at radius 1 is 1.32 bits per heavy atom. The summed E-state index contributed by atoms with van der Waals surface area (Å²) in [5, 5.41) is 11.8. The molecule has 0 bridgehead atoms. The molecule has 28 heavy (non-hydrogen) atoms. The van der Waals surface area contributed by atoms with Crippen molar-refractivity contribution >= 4 is 39.3 Å². The molecule has 1 aromatic heterocycles. The molecule has 7 nitrogen and oxygen atoms in total. The largest absolute Gasteiger partial charge is 0.480 e. The van der Waals surface area contributed by atoms with E-state index in [2.05, 4.69) is 20.9 Å². The monoisotopic (exact) mass is 474 g/mol. The molecule has 1 saturated heterocycles. The van der Waals surface area contributed by atoms with Gasteiger partial charge in [0.05, 0.1) is 6.54 Å². The lowest BCUT2D eigenvalue weighted by Crippen LogP contribution is -2.50. The Labute approximate surface area is 177 Å². The number of carbonyl (C=O) groups is 2. The first-order valence-corrected chi connectivity index (χ1v) is 11.2. The first-order chi connectivity index (χ1) is 13.1. The fraction of sp³-hybridized carbons (Fsp3) is 0.737. The van der Waals surface area contributed by atoms with E-state index in [9.17, 15) is 14.7 Å². The van der Waals surface area contributed by atoms with Crippen LogP contribution in [0.4, 0.5) is 4.79 Å². The smallest absolute Gasteiger partial charge is 0.410 e. The lowest BCUT2D eigenvalue weighted by atomic mass is 9.77. The van der Waals surface area contributed by atoms with Crippen molar-refractivity contribution in [3.05, 3.63) is 15.0 Å². The van der Waals surface area contributed by atoms with Gasteiger partial charge in [-0.05, 0) is 49.5 Å². The molecule has 2 fully saturated rings. The van der Waals surface area contributed by atoms with Crippen LogP contribution >= 0.6 is 27.3 Å². The maximum Gasteiger partial charge on any atom is 0.410 e. The van der Waals surface area contributed by atoms with Crippen LogP contribution in [0.3, 0.4) is 0 Å². The highest BCUT2D eigenvalue weighted by Crippen LogP contribution is 2.52. The van der Waals surface area contributed by atoms with Gasteiger partial charge in [-0.2, -0.15) is 0 Å². The number of aliphatic carboxylic acids is 1. The topological polar surface area (TPSA) is 89.0 Å². The van der Waals surface area contributed by atoms with Gasteiger partial charge in [-0.1, -0.05) is 19.3 Å². The van der Waals surface area contributed by atoms with Gasteiger partial charge in [-0.15, -0.1) is 11.3 Å². The van der Waals surface area contributed by atoms with E-state index in [1.165, 1.54) is 11.3 Å². The minimum Gasteiger partial charge on any atom is -0.480 e. The van der Waals surface area contributed by atoms with Gasteiger partial charge >= 0.3 is 12.1 Å². The summed E-state index contributed by atoms with van der Waals surface area (Å²) in [5.74, 6) is -1.04. The number of amides is 1. The van der Waals surface area contributed by atoms with Crippen LogP contribution in [-0.2, 0) is 19.9 Å². The summed E-state index contributed by atoms with van der Waals surface area (Å²) in [4.78, 5) is 30.7. The van der Waals surface area contributed by atoms with Crippen molar-refractivity contribution in [2.75, 3.05) is 13.2 Å². The van der Waals surface area contributed by atoms with E-state index in [4.69, 9.17) is 9.47 Å². The maximum atomic E-state index is 13.1. The van der Waals surface area contributed by atoms with Crippen molar-refractivity contribution in [2.24, 2.45) is 0 Å². The summed E-state index contributed by atoms with van der Waals surface area (Å²) >= 11 is 4.79. The molecule has 1 saturated carbocycles. The standard InChI is InChI=1S/C19H27BrN2O5S/c1-17(2,3)27-16(25)22-12-19(26-9-14(23)24,15-21-13(20)10-28-15)11-18(22)7-5-4-6-8-18/h10H,4-9,11-12H2,1-3H3,(H,23,24). The van der Waals surface area contributed by atoms with Gasteiger partial charge in [0.15, 0.2) is 0 Å². The first-order valence-electron chi connectivity index (χ1n) is 9.53. The second-order valence-electron chi connectivity index (χ2n) is 8.68. The number of hydrogen-bond donors (Lipinski definition) is 1.